The molecule has 0 atom stereocenters. The standard InChI is InChI=1S/C23H18ClFN4O6S/c1-33-16-8-14(7-15(24)9-16)18-10-21(34-2)20(11-19(18)25)29(13-30)23-4-3-17(12-26-23)36(31,32)28-22-5-6-35-27-22/h3-13H,1-2H3,(H,27,28). The summed E-state index contributed by atoms with van der Waals surface area (Å²) >= 11 is 6.12. The van der Waals surface area contributed by atoms with Gasteiger partial charge in [0.05, 0.1) is 19.9 Å². The Morgan fingerprint density at radius 3 is 2.53 bits per heavy atom. The molecule has 13 heteroatoms. The van der Waals surface area contributed by atoms with E-state index in [1.54, 1.807) is 18.2 Å². The minimum atomic E-state index is -4.01. The minimum absolute atomic E-state index is 0.00813. The first-order valence-electron chi connectivity index (χ1n) is 10.1. The molecule has 2 heterocycles. The van der Waals surface area contributed by atoms with Crippen molar-refractivity contribution >= 4 is 45.4 Å². The average Bonchev–Trinajstić information content (AvgIpc) is 3.37. The second-order valence-electron chi connectivity index (χ2n) is 7.20. The van der Waals surface area contributed by atoms with Crippen LogP contribution in [0.4, 0.5) is 21.7 Å². The molecule has 0 spiro atoms. The number of pyridine rings is 1. The second-order valence-corrected chi connectivity index (χ2v) is 9.32. The summed E-state index contributed by atoms with van der Waals surface area (Å²) in [6.07, 6.45) is 2.66. The maximum absolute atomic E-state index is 15.2. The summed E-state index contributed by atoms with van der Waals surface area (Å²) in [6.45, 7) is 0. The lowest BCUT2D eigenvalue weighted by Gasteiger charge is -2.21. The molecule has 0 bridgehead atoms. The Labute approximate surface area is 210 Å². The highest BCUT2D eigenvalue weighted by Crippen LogP contribution is 2.39. The Balaban J connectivity index is 1.69. The van der Waals surface area contributed by atoms with Crippen LogP contribution in [0.3, 0.4) is 0 Å². The summed E-state index contributed by atoms with van der Waals surface area (Å²) < 4.78 is 57.7. The van der Waals surface area contributed by atoms with Gasteiger partial charge in [0.15, 0.2) is 5.82 Å². The van der Waals surface area contributed by atoms with E-state index in [4.69, 9.17) is 21.1 Å². The van der Waals surface area contributed by atoms with Gasteiger partial charge in [0.25, 0.3) is 10.0 Å². The number of sulfonamides is 1. The number of nitrogens with zero attached hydrogens (tertiary/aromatic N) is 3. The van der Waals surface area contributed by atoms with E-state index in [1.165, 1.54) is 44.7 Å². The Kier molecular flexibility index (Phi) is 7.08. The van der Waals surface area contributed by atoms with Crippen LogP contribution in [0.25, 0.3) is 11.1 Å². The Bertz CT molecular complexity index is 1500. The van der Waals surface area contributed by atoms with Crippen molar-refractivity contribution in [1.29, 1.82) is 0 Å². The highest BCUT2D eigenvalue weighted by molar-refractivity contribution is 7.92. The van der Waals surface area contributed by atoms with Gasteiger partial charge in [-0.15, -0.1) is 0 Å². The van der Waals surface area contributed by atoms with E-state index in [-0.39, 0.29) is 33.5 Å². The largest absolute Gasteiger partial charge is 0.497 e. The van der Waals surface area contributed by atoms with Crippen molar-refractivity contribution in [1.82, 2.24) is 10.1 Å². The number of hydrogen-bond donors (Lipinski definition) is 1. The second kappa shape index (κ2) is 10.2. The van der Waals surface area contributed by atoms with Crippen molar-refractivity contribution < 1.29 is 31.6 Å². The normalized spacial score (nSPS) is 11.1. The molecule has 0 saturated heterocycles. The summed E-state index contributed by atoms with van der Waals surface area (Å²) in [5, 5.41) is 3.84. The molecule has 4 aromatic rings. The quantitative estimate of drug-likeness (QED) is 0.309. The van der Waals surface area contributed by atoms with Crippen LogP contribution in [0.15, 0.2) is 70.4 Å². The number of amides is 1. The van der Waals surface area contributed by atoms with E-state index in [1.807, 2.05) is 0 Å². The van der Waals surface area contributed by atoms with Gasteiger partial charge in [-0.1, -0.05) is 16.8 Å². The zero-order valence-corrected chi connectivity index (χ0v) is 20.4. The molecule has 0 radical (unpaired) electrons. The molecule has 2 aromatic heterocycles. The molecule has 0 saturated carbocycles. The summed E-state index contributed by atoms with van der Waals surface area (Å²) in [6, 6.07) is 11.1. The van der Waals surface area contributed by atoms with Crippen LogP contribution in [0.5, 0.6) is 11.5 Å². The van der Waals surface area contributed by atoms with Crippen LogP contribution in [-0.4, -0.2) is 39.2 Å². The van der Waals surface area contributed by atoms with Crippen LogP contribution < -0.4 is 19.1 Å². The predicted octanol–water partition coefficient (Wildman–Crippen LogP) is 4.64. The van der Waals surface area contributed by atoms with Gasteiger partial charge in [0.1, 0.15) is 34.3 Å². The number of nitrogens with one attached hydrogen (secondary N) is 1. The number of methoxy groups -OCH3 is 2. The van der Waals surface area contributed by atoms with Crippen LogP contribution in [0.1, 0.15) is 0 Å². The third kappa shape index (κ3) is 5.09. The maximum atomic E-state index is 15.2. The van der Waals surface area contributed by atoms with Crippen molar-refractivity contribution in [2.45, 2.75) is 4.90 Å². The molecule has 0 aliphatic carbocycles. The summed E-state index contributed by atoms with van der Waals surface area (Å²) in [7, 11) is -1.18. The number of benzene rings is 2. The number of halogens is 2. The van der Waals surface area contributed by atoms with Crippen LogP contribution in [0.2, 0.25) is 5.02 Å². The number of anilines is 3. The molecule has 1 N–H and O–H groups in total. The highest BCUT2D eigenvalue weighted by Gasteiger charge is 2.22. The van der Waals surface area contributed by atoms with Crippen molar-refractivity contribution in [3.05, 3.63) is 71.8 Å². The number of rotatable bonds is 9. The zero-order chi connectivity index (χ0) is 25.9. The van der Waals surface area contributed by atoms with Crippen LogP contribution in [0, 0.1) is 5.82 Å². The summed E-state index contributed by atoms with van der Waals surface area (Å²) in [5.74, 6) is -0.0557. The SMILES string of the molecule is COc1cc(Cl)cc(-c2cc(OC)c(N(C=O)c3ccc(S(=O)(=O)Nc4ccon4)cn3)cc2F)c1. The average molecular weight is 533 g/mol. The number of carbonyl (C=O) groups excluding carboxylic acids is 1. The Morgan fingerprint density at radius 1 is 1.11 bits per heavy atom. The van der Waals surface area contributed by atoms with Crippen molar-refractivity contribution in [2.24, 2.45) is 0 Å². The molecule has 4 rings (SSSR count). The molecule has 0 fully saturated rings. The third-order valence-electron chi connectivity index (χ3n) is 5.01. The molecule has 0 aliphatic rings. The summed E-state index contributed by atoms with van der Waals surface area (Å²) in [5.41, 5.74) is 0.647. The predicted molar refractivity (Wildman–Crippen MR) is 130 cm³/mol. The van der Waals surface area contributed by atoms with Crippen molar-refractivity contribution in [3.8, 4) is 22.6 Å². The van der Waals surface area contributed by atoms with Gasteiger partial charge in [0, 0.05) is 28.9 Å². The van der Waals surface area contributed by atoms with Gasteiger partial charge in [0.2, 0.25) is 6.41 Å². The Hall–Kier alpha value is -4.16. The lowest BCUT2D eigenvalue weighted by molar-refractivity contribution is -0.106. The molecule has 2 aromatic carbocycles. The first-order valence-corrected chi connectivity index (χ1v) is 12.0. The van der Waals surface area contributed by atoms with Crippen molar-refractivity contribution in [3.63, 3.8) is 0 Å². The van der Waals surface area contributed by atoms with E-state index in [9.17, 15) is 13.2 Å². The molecule has 186 valence electrons. The minimum Gasteiger partial charge on any atom is -0.497 e. The fourth-order valence-electron chi connectivity index (χ4n) is 3.32. The monoisotopic (exact) mass is 532 g/mol. The number of ether oxygens (including phenoxy) is 2. The Morgan fingerprint density at radius 2 is 1.92 bits per heavy atom. The van der Waals surface area contributed by atoms with Gasteiger partial charge in [-0.25, -0.2) is 17.8 Å². The van der Waals surface area contributed by atoms with Gasteiger partial charge in [-0.05, 0) is 42.0 Å². The number of aromatic nitrogens is 2. The number of carbonyl (C=O) groups is 1. The smallest absolute Gasteiger partial charge is 0.264 e. The third-order valence-corrected chi connectivity index (χ3v) is 6.56. The van der Waals surface area contributed by atoms with E-state index in [0.717, 1.165) is 17.2 Å². The molecule has 0 aliphatic heterocycles. The van der Waals surface area contributed by atoms with E-state index < -0.39 is 15.8 Å². The lowest BCUT2D eigenvalue weighted by Crippen LogP contribution is -2.18. The molecule has 0 unspecified atom stereocenters. The topological polar surface area (TPSA) is 124 Å². The van der Waals surface area contributed by atoms with Gasteiger partial charge in [-0.3, -0.25) is 14.4 Å². The number of hydrogen-bond acceptors (Lipinski definition) is 8. The van der Waals surface area contributed by atoms with Crippen LogP contribution in [-0.2, 0) is 14.8 Å². The zero-order valence-electron chi connectivity index (χ0n) is 18.8. The van der Waals surface area contributed by atoms with Gasteiger partial charge >= 0.3 is 0 Å². The molecule has 36 heavy (non-hydrogen) atoms. The molecular weight excluding hydrogens is 515 g/mol. The molecule has 10 nitrogen and oxygen atoms in total. The van der Waals surface area contributed by atoms with Gasteiger partial charge in [-0.2, -0.15) is 0 Å². The first kappa shape index (κ1) is 24.9. The van der Waals surface area contributed by atoms with E-state index in [2.05, 4.69) is 19.4 Å². The van der Waals surface area contributed by atoms with Crippen LogP contribution >= 0.6 is 11.6 Å². The molecule has 1 amide bonds. The van der Waals surface area contributed by atoms with E-state index in [0.29, 0.717) is 22.7 Å². The summed E-state index contributed by atoms with van der Waals surface area (Å²) in [4.78, 5) is 16.9. The lowest BCUT2D eigenvalue weighted by atomic mass is 10.0. The molecular formula is C23H18ClFN4O6S. The van der Waals surface area contributed by atoms with Gasteiger partial charge < -0.3 is 14.0 Å². The van der Waals surface area contributed by atoms with Crippen molar-refractivity contribution in [2.75, 3.05) is 23.8 Å². The maximum Gasteiger partial charge on any atom is 0.264 e. The van der Waals surface area contributed by atoms with E-state index >= 15 is 4.39 Å². The highest BCUT2D eigenvalue weighted by atomic mass is 35.5. The first-order chi connectivity index (χ1) is 17.2. The fourth-order valence-corrected chi connectivity index (χ4v) is 4.48. The fraction of sp³-hybridized carbons (Fsp3) is 0.0870.